The number of nitrogens with zero attached hydrogens (tertiary/aromatic N) is 4. The fraction of sp³-hybridized carbons (Fsp3) is 0.263. The number of hydrogen-bond donors (Lipinski definition) is 0. The second-order valence-electron chi connectivity index (χ2n) is 6.66. The number of benzene rings is 2. The first-order valence-electron chi connectivity index (χ1n) is 8.88. The van der Waals surface area contributed by atoms with Gasteiger partial charge in [-0.05, 0) is 24.3 Å². The molecule has 0 bridgehead atoms. The SMILES string of the molecule is O=c1c2ccccc2cnn1CN1CCN(S(=O)(=O)c2cccc(Cl)c2)CC1. The van der Waals surface area contributed by atoms with Gasteiger partial charge in [-0.25, -0.2) is 13.1 Å². The summed E-state index contributed by atoms with van der Waals surface area (Å²) in [7, 11) is -3.58. The molecule has 3 aromatic rings. The Morgan fingerprint density at radius 2 is 1.75 bits per heavy atom. The third-order valence-electron chi connectivity index (χ3n) is 4.86. The largest absolute Gasteiger partial charge is 0.282 e. The lowest BCUT2D eigenvalue weighted by molar-refractivity contribution is 0.143. The highest BCUT2D eigenvalue weighted by atomic mass is 35.5. The highest BCUT2D eigenvalue weighted by molar-refractivity contribution is 7.89. The van der Waals surface area contributed by atoms with Gasteiger partial charge in [0.1, 0.15) is 0 Å². The molecule has 1 saturated heterocycles. The molecule has 0 amide bonds. The van der Waals surface area contributed by atoms with E-state index in [1.807, 2.05) is 23.1 Å². The summed E-state index contributed by atoms with van der Waals surface area (Å²) in [6.07, 6.45) is 1.68. The Morgan fingerprint density at radius 3 is 2.50 bits per heavy atom. The van der Waals surface area contributed by atoms with Crippen molar-refractivity contribution in [3.63, 3.8) is 0 Å². The van der Waals surface area contributed by atoms with Gasteiger partial charge in [-0.15, -0.1) is 0 Å². The van der Waals surface area contributed by atoms with Crippen molar-refractivity contribution in [1.82, 2.24) is 19.0 Å². The molecule has 1 fully saturated rings. The van der Waals surface area contributed by atoms with Crippen LogP contribution in [0.2, 0.25) is 5.02 Å². The van der Waals surface area contributed by atoms with E-state index in [4.69, 9.17) is 11.6 Å². The minimum atomic E-state index is -3.58. The summed E-state index contributed by atoms with van der Waals surface area (Å²) < 4.78 is 28.4. The zero-order chi connectivity index (χ0) is 19.7. The molecular weight excluding hydrogens is 400 g/mol. The summed E-state index contributed by atoms with van der Waals surface area (Å²) in [5, 5.41) is 6.06. The first-order chi connectivity index (χ1) is 13.4. The van der Waals surface area contributed by atoms with E-state index < -0.39 is 10.0 Å². The van der Waals surface area contributed by atoms with Crippen LogP contribution in [0.1, 0.15) is 0 Å². The summed E-state index contributed by atoms with van der Waals surface area (Å²) in [5.74, 6) is 0. The highest BCUT2D eigenvalue weighted by Gasteiger charge is 2.28. The number of sulfonamides is 1. The van der Waals surface area contributed by atoms with Crippen LogP contribution in [0.5, 0.6) is 0 Å². The van der Waals surface area contributed by atoms with Gasteiger partial charge in [-0.1, -0.05) is 35.9 Å². The summed E-state index contributed by atoms with van der Waals surface area (Å²) >= 11 is 5.93. The smallest absolute Gasteiger partial charge is 0.275 e. The van der Waals surface area contributed by atoms with E-state index in [9.17, 15) is 13.2 Å². The van der Waals surface area contributed by atoms with E-state index in [1.165, 1.54) is 15.1 Å². The van der Waals surface area contributed by atoms with Gasteiger partial charge in [-0.2, -0.15) is 9.40 Å². The molecule has 28 heavy (non-hydrogen) atoms. The second-order valence-corrected chi connectivity index (χ2v) is 9.03. The monoisotopic (exact) mass is 418 g/mol. The molecule has 0 spiro atoms. The molecule has 0 aliphatic carbocycles. The molecular formula is C19H19ClN4O3S. The summed E-state index contributed by atoms with van der Waals surface area (Å²) in [4.78, 5) is 14.8. The summed E-state index contributed by atoms with van der Waals surface area (Å²) in [6.45, 7) is 2.05. The zero-order valence-electron chi connectivity index (χ0n) is 15.0. The standard InChI is InChI=1S/C19H19ClN4O3S/c20-16-5-3-6-17(12-16)28(26,27)23-10-8-22(9-11-23)14-24-19(25)18-7-2-1-4-15(18)13-21-24/h1-7,12-13H,8-11,14H2. The van der Waals surface area contributed by atoms with Gasteiger partial charge in [0.25, 0.3) is 5.56 Å². The van der Waals surface area contributed by atoms with Crippen LogP contribution in [0.25, 0.3) is 10.8 Å². The van der Waals surface area contributed by atoms with Crippen LogP contribution >= 0.6 is 11.6 Å². The van der Waals surface area contributed by atoms with Crippen LogP contribution < -0.4 is 5.56 Å². The fourth-order valence-electron chi connectivity index (χ4n) is 3.31. The molecule has 2 aromatic carbocycles. The second kappa shape index (κ2) is 7.63. The van der Waals surface area contributed by atoms with Crippen LogP contribution in [0.15, 0.2) is 64.4 Å². The Labute approximate surface area is 167 Å². The van der Waals surface area contributed by atoms with E-state index >= 15 is 0 Å². The van der Waals surface area contributed by atoms with E-state index in [0.717, 1.165) is 5.39 Å². The number of aromatic nitrogens is 2. The fourth-order valence-corrected chi connectivity index (χ4v) is 5.03. The van der Waals surface area contributed by atoms with E-state index in [-0.39, 0.29) is 10.5 Å². The van der Waals surface area contributed by atoms with Crippen LogP contribution in [0.4, 0.5) is 0 Å². The third-order valence-corrected chi connectivity index (χ3v) is 6.99. The summed E-state index contributed by atoms with van der Waals surface area (Å²) in [5.41, 5.74) is -0.146. The van der Waals surface area contributed by atoms with Crippen molar-refractivity contribution < 1.29 is 8.42 Å². The van der Waals surface area contributed by atoms with Gasteiger partial charge in [0.15, 0.2) is 0 Å². The van der Waals surface area contributed by atoms with Gasteiger partial charge in [0.2, 0.25) is 10.0 Å². The molecule has 1 aliphatic rings. The number of hydrogen-bond acceptors (Lipinski definition) is 5. The van der Waals surface area contributed by atoms with Gasteiger partial charge < -0.3 is 0 Å². The lowest BCUT2D eigenvalue weighted by Gasteiger charge is -2.33. The number of rotatable bonds is 4. The van der Waals surface area contributed by atoms with Crippen LogP contribution in [-0.2, 0) is 16.7 Å². The molecule has 4 rings (SSSR count). The Bertz CT molecular complexity index is 1170. The topological polar surface area (TPSA) is 75.5 Å². The summed E-state index contributed by atoms with van der Waals surface area (Å²) in [6, 6.07) is 13.6. The maximum Gasteiger partial charge on any atom is 0.275 e. The molecule has 0 unspecified atom stereocenters. The lowest BCUT2D eigenvalue weighted by atomic mass is 10.2. The van der Waals surface area contributed by atoms with Crippen LogP contribution in [0.3, 0.4) is 0 Å². The normalized spacial score (nSPS) is 16.5. The predicted octanol–water partition coefficient (Wildman–Crippen LogP) is 2.01. The first-order valence-corrected chi connectivity index (χ1v) is 10.7. The zero-order valence-corrected chi connectivity index (χ0v) is 16.6. The first kappa shape index (κ1) is 19.1. The molecule has 1 aromatic heterocycles. The molecule has 0 saturated carbocycles. The molecule has 1 aliphatic heterocycles. The Balaban J connectivity index is 1.46. The Hall–Kier alpha value is -2.26. The van der Waals surface area contributed by atoms with Crippen molar-refractivity contribution in [1.29, 1.82) is 0 Å². The van der Waals surface area contributed by atoms with E-state index in [2.05, 4.69) is 5.10 Å². The molecule has 9 heteroatoms. The van der Waals surface area contributed by atoms with E-state index in [0.29, 0.717) is 43.3 Å². The van der Waals surface area contributed by atoms with Gasteiger partial charge >= 0.3 is 0 Å². The Morgan fingerprint density at radius 1 is 1.00 bits per heavy atom. The van der Waals surface area contributed by atoms with Crippen molar-refractivity contribution in [2.75, 3.05) is 26.2 Å². The van der Waals surface area contributed by atoms with Crippen molar-refractivity contribution in [3.05, 3.63) is 70.1 Å². The van der Waals surface area contributed by atoms with Crippen molar-refractivity contribution in [2.24, 2.45) is 0 Å². The van der Waals surface area contributed by atoms with Crippen molar-refractivity contribution in [2.45, 2.75) is 11.6 Å². The molecule has 0 atom stereocenters. The van der Waals surface area contributed by atoms with Crippen molar-refractivity contribution in [3.8, 4) is 0 Å². The van der Waals surface area contributed by atoms with Gasteiger partial charge in [-0.3, -0.25) is 9.69 Å². The molecule has 146 valence electrons. The third kappa shape index (κ3) is 3.68. The molecule has 7 nitrogen and oxygen atoms in total. The predicted molar refractivity (Wildman–Crippen MR) is 108 cm³/mol. The van der Waals surface area contributed by atoms with Gasteiger partial charge in [0, 0.05) is 36.6 Å². The molecule has 0 radical (unpaired) electrons. The van der Waals surface area contributed by atoms with Gasteiger partial charge in [0.05, 0.1) is 23.1 Å². The number of piperazine rings is 1. The number of halogens is 1. The minimum absolute atomic E-state index is 0.146. The highest BCUT2D eigenvalue weighted by Crippen LogP contribution is 2.21. The maximum atomic E-state index is 12.8. The maximum absolute atomic E-state index is 12.8. The van der Waals surface area contributed by atoms with Crippen molar-refractivity contribution >= 4 is 32.4 Å². The van der Waals surface area contributed by atoms with E-state index in [1.54, 1.807) is 30.5 Å². The van der Waals surface area contributed by atoms with Crippen LogP contribution in [0, 0.1) is 0 Å². The lowest BCUT2D eigenvalue weighted by Crippen LogP contribution is -2.49. The Kier molecular flexibility index (Phi) is 5.20. The molecule has 2 heterocycles. The van der Waals surface area contributed by atoms with Crippen LogP contribution in [-0.4, -0.2) is 53.6 Å². The average Bonchev–Trinajstić information content (AvgIpc) is 2.71. The quantitative estimate of drug-likeness (QED) is 0.648. The molecule has 0 N–H and O–H groups in total. The minimum Gasteiger partial charge on any atom is -0.282 e. The number of fused-ring (bicyclic) bond motifs is 1. The average molecular weight is 419 g/mol.